The molecule has 248 valence electrons. The molecule has 1 amide bonds. The molecular formula is C33H31F4N3O6S. The molecule has 2 N–H and O–H groups in total. The number of anilines is 2. The minimum atomic E-state index is -4.86. The maximum Gasteiger partial charge on any atom is 0.573 e. The molecule has 0 saturated carbocycles. The Morgan fingerprint density at radius 3 is 2.19 bits per heavy atom. The zero-order valence-corrected chi connectivity index (χ0v) is 25.8. The van der Waals surface area contributed by atoms with Gasteiger partial charge in [0.05, 0.1) is 23.5 Å². The van der Waals surface area contributed by atoms with Crippen LogP contribution in [0.4, 0.5) is 28.9 Å². The first-order valence-electron chi connectivity index (χ1n) is 14.2. The van der Waals surface area contributed by atoms with Gasteiger partial charge in [-0.1, -0.05) is 66.7 Å². The highest BCUT2D eigenvalue weighted by Crippen LogP contribution is 2.34. The summed E-state index contributed by atoms with van der Waals surface area (Å²) in [4.78, 5) is 25.5. The van der Waals surface area contributed by atoms with Crippen molar-refractivity contribution in [1.82, 2.24) is 10.6 Å². The summed E-state index contributed by atoms with van der Waals surface area (Å²) in [5, 5.41) is 5.80. The van der Waals surface area contributed by atoms with Gasteiger partial charge in [-0.25, -0.2) is 17.1 Å². The molecule has 0 fully saturated rings. The van der Waals surface area contributed by atoms with Crippen molar-refractivity contribution in [2.75, 3.05) is 17.1 Å². The second-order valence-corrected chi connectivity index (χ2v) is 12.2. The fourth-order valence-corrected chi connectivity index (χ4v) is 5.93. The van der Waals surface area contributed by atoms with Crippen LogP contribution in [-0.2, 0) is 32.5 Å². The Labute approximate surface area is 269 Å². The highest BCUT2D eigenvalue weighted by Gasteiger charge is 2.32. The molecule has 0 radical (unpaired) electrons. The molecule has 0 unspecified atom stereocenters. The van der Waals surface area contributed by atoms with E-state index in [2.05, 4.69) is 15.4 Å². The van der Waals surface area contributed by atoms with Crippen molar-refractivity contribution in [2.24, 2.45) is 0 Å². The lowest BCUT2D eigenvalue weighted by atomic mass is 10.00. The Morgan fingerprint density at radius 2 is 1.55 bits per heavy atom. The molecule has 0 bridgehead atoms. The summed E-state index contributed by atoms with van der Waals surface area (Å²) in [6, 6.07) is 24.6. The second-order valence-electron chi connectivity index (χ2n) is 10.4. The molecule has 0 spiro atoms. The van der Waals surface area contributed by atoms with Gasteiger partial charge in [-0.05, 0) is 53.9 Å². The van der Waals surface area contributed by atoms with E-state index < -0.39 is 51.7 Å². The molecule has 47 heavy (non-hydrogen) atoms. The van der Waals surface area contributed by atoms with Gasteiger partial charge < -0.3 is 20.1 Å². The molecule has 0 heterocycles. The van der Waals surface area contributed by atoms with Gasteiger partial charge in [0.15, 0.2) is 0 Å². The van der Waals surface area contributed by atoms with E-state index in [0.29, 0.717) is 5.56 Å². The summed E-state index contributed by atoms with van der Waals surface area (Å²) < 4.78 is 89.4. The first kappa shape index (κ1) is 34.9. The van der Waals surface area contributed by atoms with Crippen LogP contribution >= 0.6 is 0 Å². The molecule has 4 rings (SSSR count). The lowest BCUT2D eigenvalue weighted by Gasteiger charge is -2.29. The molecular weight excluding hydrogens is 642 g/mol. The van der Waals surface area contributed by atoms with Gasteiger partial charge in [0.25, 0.3) is 12.4 Å². The van der Waals surface area contributed by atoms with Gasteiger partial charge in [0, 0.05) is 13.1 Å². The zero-order chi connectivity index (χ0) is 34.0. The topological polar surface area (TPSA) is 114 Å². The van der Waals surface area contributed by atoms with Crippen molar-refractivity contribution in [1.29, 1.82) is 0 Å². The lowest BCUT2D eigenvalue weighted by molar-refractivity contribution is -0.274. The lowest BCUT2D eigenvalue weighted by Crippen LogP contribution is -2.50. The van der Waals surface area contributed by atoms with Crippen LogP contribution in [0.5, 0.6) is 5.75 Å². The number of para-hydroxylation sites is 2. The minimum absolute atomic E-state index is 0.0498. The number of benzene rings is 4. The van der Waals surface area contributed by atoms with E-state index in [-0.39, 0.29) is 37.2 Å². The smallest absolute Gasteiger partial charge is 0.461 e. The number of nitrogens with one attached hydrogen (secondary N) is 2. The Morgan fingerprint density at radius 1 is 0.915 bits per heavy atom. The van der Waals surface area contributed by atoms with Crippen molar-refractivity contribution in [3.8, 4) is 5.75 Å². The maximum absolute atomic E-state index is 15.4. The third-order valence-corrected chi connectivity index (χ3v) is 7.91. The molecule has 2 atom stereocenters. The molecule has 0 aliphatic carbocycles. The van der Waals surface area contributed by atoms with Gasteiger partial charge in [0.2, 0.25) is 10.0 Å². The van der Waals surface area contributed by atoms with Crippen molar-refractivity contribution in [3.05, 3.63) is 126 Å². The first-order valence-corrected chi connectivity index (χ1v) is 16.0. The van der Waals surface area contributed by atoms with E-state index in [1.807, 2.05) is 0 Å². The number of alkyl halides is 3. The molecule has 4 aromatic rings. The number of hydrogen-bond donors (Lipinski definition) is 2. The van der Waals surface area contributed by atoms with Crippen LogP contribution in [0.15, 0.2) is 103 Å². The Hall–Kier alpha value is -4.95. The molecule has 4 aromatic carbocycles. The number of rotatable bonds is 15. The van der Waals surface area contributed by atoms with Crippen LogP contribution in [0.3, 0.4) is 0 Å². The van der Waals surface area contributed by atoms with E-state index in [1.54, 1.807) is 54.6 Å². The summed E-state index contributed by atoms with van der Waals surface area (Å²) in [5.74, 6) is -2.22. The maximum atomic E-state index is 15.4. The van der Waals surface area contributed by atoms with Crippen molar-refractivity contribution < 1.29 is 45.0 Å². The Kier molecular flexibility index (Phi) is 11.6. The van der Waals surface area contributed by atoms with Crippen LogP contribution in [0.2, 0.25) is 0 Å². The number of carbonyl (C=O) groups is 2. The molecule has 0 aliphatic rings. The van der Waals surface area contributed by atoms with Crippen LogP contribution in [0, 0.1) is 5.82 Å². The number of sulfonamides is 1. The highest BCUT2D eigenvalue weighted by molar-refractivity contribution is 7.92. The number of halogens is 4. The fourth-order valence-electron chi connectivity index (χ4n) is 4.91. The van der Waals surface area contributed by atoms with E-state index >= 15 is 4.39 Å². The van der Waals surface area contributed by atoms with E-state index in [4.69, 9.17) is 4.74 Å². The highest BCUT2D eigenvalue weighted by atomic mass is 32.2. The normalized spacial score (nSPS) is 12.9. The van der Waals surface area contributed by atoms with Gasteiger partial charge in [-0.3, -0.25) is 9.59 Å². The van der Waals surface area contributed by atoms with Crippen LogP contribution < -0.4 is 19.7 Å². The molecule has 0 aliphatic heterocycles. The van der Waals surface area contributed by atoms with E-state index in [9.17, 15) is 31.2 Å². The van der Waals surface area contributed by atoms with Gasteiger partial charge in [-0.2, -0.15) is 0 Å². The largest absolute Gasteiger partial charge is 0.573 e. The van der Waals surface area contributed by atoms with E-state index in [0.717, 1.165) is 28.3 Å². The van der Waals surface area contributed by atoms with Crippen molar-refractivity contribution in [3.63, 3.8) is 0 Å². The van der Waals surface area contributed by atoms with Gasteiger partial charge in [0.1, 0.15) is 23.4 Å². The van der Waals surface area contributed by atoms with Crippen LogP contribution in [0.1, 0.15) is 21.5 Å². The van der Waals surface area contributed by atoms with E-state index in [1.165, 1.54) is 36.4 Å². The van der Waals surface area contributed by atoms with Crippen molar-refractivity contribution in [2.45, 2.75) is 31.5 Å². The number of hydrogen-bond acceptors (Lipinski definition) is 7. The summed E-state index contributed by atoms with van der Waals surface area (Å²) in [6.07, 6.45) is -4.86. The average molecular weight is 674 g/mol. The second kappa shape index (κ2) is 15.6. The van der Waals surface area contributed by atoms with Crippen LogP contribution in [0.25, 0.3) is 0 Å². The van der Waals surface area contributed by atoms with Gasteiger partial charge >= 0.3 is 6.36 Å². The quantitative estimate of drug-likeness (QED) is 0.127. The van der Waals surface area contributed by atoms with Crippen molar-refractivity contribution >= 4 is 33.8 Å². The SMILES string of the molecule is CS(=O)(=O)N(c1ccccc1)c1c(F)cccc1C(=O)N[C@@H](Cc1ccccc1)[C@@H](CNCc1cccc(OC(F)(F)F)c1)OC=O. The third-order valence-electron chi connectivity index (χ3n) is 6.86. The monoisotopic (exact) mass is 673 g/mol. The minimum Gasteiger partial charge on any atom is -0.461 e. The fraction of sp³-hybridized carbons (Fsp3) is 0.212. The summed E-state index contributed by atoms with van der Waals surface area (Å²) in [5.41, 5.74) is 0.494. The number of ether oxygens (including phenoxy) is 2. The van der Waals surface area contributed by atoms with Gasteiger partial charge in [-0.15, -0.1) is 13.2 Å². The molecule has 0 saturated heterocycles. The predicted octanol–water partition coefficient (Wildman–Crippen LogP) is 5.49. The number of carbonyl (C=O) groups excluding carboxylic acids is 2. The first-order chi connectivity index (χ1) is 22.4. The Balaban J connectivity index is 1.63. The zero-order valence-electron chi connectivity index (χ0n) is 25.0. The molecule has 9 nitrogen and oxygen atoms in total. The van der Waals surface area contributed by atoms with Crippen LogP contribution in [-0.4, -0.2) is 52.1 Å². The molecule has 14 heteroatoms. The molecule has 0 aromatic heterocycles. The number of nitrogens with zero attached hydrogens (tertiary/aromatic N) is 1. The number of amides is 1. The summed E-state index contributed by atoms with van der Waals surface area (Å²) >= 11 is 0. The standard InChI is InChI=1S/C33H31F4N3O6S/c1-47(43,44)40(25-13-6-3-7-14-25)31-27(16-9-17-28(31)34)32(42)39-29(19-23-10-4-2-5-11-23)30(45-22-41)21-38-20-24-12-8-15-26(18-24)46-33(35,36)37/h2-18,22,29-30,38H,19-21H2,1H3,(H,39,42)/t29-,30+/m0/s1. The third kappa shape index (κ3) is 10.0. The Bertz CT molecular complexity index is 1760. The average Bonchev–Trinajstić information content (AvgIpc) is 3.01. The predicted molar refractivity (Wildman–Crippen MR) is 167 cm³/mol. The summed E-state index contributed by atoms with van der Waals surface area (Å²) in [7, 11) is -4.14. The summed E-state index contributed by atoms with van der Waals surface area (Å²) in [6.45, 7) is 0.188.